The number of nitrogens with zero attached hydrogens (tertiary/aromatic N) is 1. The van der Waals surface area contributed by atoms with Crippen molar-refractivity contribution in [3.8, 4) is 11.5 Å². The van der Waals surface area contributed by atoms with E-state index >= 15 is 0 Å². The molecule has 0 saturated heterocycles. The number of halogens is 2. The van der Waals surface area contributed by atoms with E-state index in [4.69, 9.17) is 21.1 Å². The van der Waals surface area contributed by atoms with Gasteiger partial charge < -0.3 is 25.1 Å². The highest BCUT2D eigenvalue weighted by atomic mass is 35.5. The van der Waals surface area contributed by atoms with Crippen molar-refractivity contribution in [3.05, 3.63) is 40.9 Å². The van der Waals surface area contributed by atoms with Crippen LogP contribution < -0.4 is 20.1 Å². The number of H-pyrrole nitrogens is 1. The summed E-state index contributed by atoms with van der Waals surface area (Å²) in [6, 6.07) is 3.37. The van der Waals surface area contributed by atoms with Gasteiger partial charge in [0, 0.05) is 42.5 Å². The largest absolute Gasteiger partial charge is 0.495 e. The molecule has 2 heterocycles. The minimum atomic E-state index is -0.570. The Morgan fingerprint density at radius 1 is 1.19 bits per heavy atom. The number of nitrogens with one attached hydrogen (secondary N) is 3. The van der Waals surface area contributed by atoms with Crippen LogP contribution in [0.1, 0.15) is 12.5 Å². The fourth-order valence-electron chi connectivity index (χ4n) is 2.79. The van der Waals surface area contributed by atoms with Crippen molar-refractivity contribution in [3.63, 3.8) is 0 Å². The summed E-state index contributed by atoms with van der Waals surface area (Å²) in [6.07, 6.45) is 3.58. The first-order chi connectivity index (χ1) is 12.6. The Labute approximate surface area is 155 Å². The number of anilines is 2. The Morgan fingerprint density at radius 2 is 1.96 bits per heavy atom. The summed E-state index contributed by atoms with van der Waals surface area (Å²) in [7, 11) is 2.86. The minimum Gasteiger partial charge on any atom is -0.495 e. The second-order valence-corrected chi connectivity index (χ2v) is 5.94. The Morgan fingerprint density at radius 3 is 2.65 bits per heavy atom. The van der Waals surface area contributed by atoms with Gasteiger partial charge in [0.15, 0.2) is 11.6 Å². The van der Waals surface area contributed by atoms with Gasteiger partial charge in [-0.15, -0.1) is 0 Å². The maximum Gasteiger partial charge on any atom is 0.189 e. The van der Waals surface area contributed by atoms with Crippen LogP contribution in [0.2, 0.25) is 5.02 Å². The maximum absolute atomic E-state index is 14.6. The molecule has 138 valence electrons. The predicted octanol–water partition coefficient (Wildman–Crippen LogP) is 4.42. The van der Waals surface area contributed by atoms with Gasteiger partial charge in [0.2, 0.25) is 0 Å². The van der Waals surface area contributed by atoms with Gasteiger partial charge in [0.1, 0.15) is 16.4 Å². The van der Waals surface area contributed by atoms with Crippen LogP contribution in [0.15, 0.2) is 24.5 Å². The molecular weight excluding hydrogens is 359 g/mol. The lowest BCUT2D eigenvalue weighted by atomic mass is 10.1. The summed E-state index contributed by atoms with van der Waals surface area (Å²) in [5.74, 6) is -0.183. The van der Waals surface area contributed by atoms with Crippen LogP contribution in [0.25, 0.3) is 11.0 Å². The summed E-state index contributed by atoms with van der Waals surface area (Å²) in [6.45, 7) is 3.09. The zero-order valence-corrected chi connectivity index (χ0v) is 15.5. The number of pyridine rings is 1. The summed E-state index contributed by atoms with van der Waals surface area (Å²) >= 11 is 6.27. The van der Waals surface area contributed by atoms with Gasteiger partial charge in [0.25, 0.3) is 0 Å². The number of hydrogen-bond acceptors (Lipinski definition) is 5. The van der Waals surface area contributed by atoms with Crippen LogP contribution in [-0.2, 0) is 6.54 Å². The van der Waals surface area contributed by atoms with E-state index in [0.29, 0.717) is 12.3 Å². The normalized spacial score (nSPS) is 10.8. The van der Waals surface area contributed by atoms with E-state index in [1.165, 1.54) is 20.3 Å². The number of benzene rings is 1. The van der Waals surface area contributed by atoms with E-state index in [-0.39, 0.29) is 16.5 Å². The van der Waals surface area contributed by atoms with E-state index in [1.54, 1.807) is 6.20 Å². The molecule has 0 radical (unpaired) electrons. The molecule has 26 heavy (non-hydrogen) atoms. The van der Waals surface area contributed by atoms with Crippen LogP contribution in [0.4, 0.5) is 15.8 Å². The van der Waals surface area contributed by atoms with E-state index in [0.717, 1.165) is 28.8 Å². The van der Waals surface area contributed by atoms with Crippen molar-refractivity contribution < 1.29 is 13.9 Å². The molecule has 0 fully saturated rings. The molecule has 0 bridgehead atoms. The van der Waals surface area contributed by atoms with Gasteiger partial charge in [-0.05, 0) is 13.0 Å². The monoisotopic (exact) mass is 378 g/mol. The molecule has 0 amide bonds. The molecule has 0 atom stereocenters. The van der Waals surface area contributed by atoms with Crippen LogP contribution in [0.5, 0.6) is 11.5 Å². The molecule has 0 aliphatic heterocycles. The van der Waals surface area contributed by atoms with E-state index < -0.39 is 5.82 Å². The van der Waals surface area contributed by atoms with Crippen molar-refractivity contribution in [1.82, 2.24) is 9.97 Å². The molecule has 1 aromatic carbocycles. The first-order valence-electron chi connectivity index (χ1n) is 8.13. The Kier molecular flexibility index (Phi) is 5.37. The maximum atomic E-state index is 14.6. The second-order valence-electron chi connectivity index (χ2n) is 5.57. The topological polar surface area (TPSA) is 71.2 Å². The highest BCUT2D eigenvalue weighted by Crippen LogP contribution is 2.40. The van der Waals surface area contributed by atoms with Crippen LogP contribution in [0, 0.1) is 5.82 Å². The minimum absolute atomic E-state index is 0.0554. The number of fused-ring (bicyclic) bond motifs is 1. The molecule has 0 saturated carbocycles. The summed E-state index contributed by atoms with van der Waals surface area (Å²) in [5, 5.41) is 7.52. The van der Waals surface area contributed by atoms with Crippen molar-refractivity contribution in [2.75, 3.05) is 31.4 Å². The smallest absolute Gasteiger partial charge is 0.189 e. The van der Waals surface area contributed by atoms with Gasteiger partial charge in [-0.1, -0.05) is 11.6 Å². The van der Waals surface area contributed by atoms with Crippen LogP contribution in [-0.4, -0.2) is 30.7 Å². The Bertz CT molecular complexity index is 901. The number of aromatic nitrogens is 2. The quantitative estimate of drug-likeness (QED) is 0.567. The van der Waals surface area contributed by atoms with Crippen LogP contribution >= 0.6 is 11.6 Å². The predicted molar refractivity (Wildman–Crippen MR) is 102 cm³/mol. The third-order valence-corrected chi connectivity index (χ3v) is 4.42. The molecule has 0 aliphatic rings. The SMILES string of the molecule is CCNc1c(CNc2c(F)c(OC)cc(OC)c2Cl)cnc2[nH]ccc12. The van der Waals surface area contributed by atoms with Gasteiger partial charge in [-0.3, -0.25) is 0 Å². The van der Waals surface area contributed by atoms with Crippen molar-refractivity contribution in [1.29, 1.82) is 0 Å². The summed E-state index contributed by atoms with van der Waals surface area (Å²) in [4.78, 5) is 7.48. The van der Waals surface area contributed by atoms with E-state index in [9.17, 15) is 4.39 Å². The van der Waals surface area contributed by atoms with Gasteiger partial charge in [0.05, 0.1) is 25.6 Å². The van der Waals surface area contributed by atoms with Gasteiger partial charge >= 0.3 is 0 Å². The van der Waals surface area contributed by atoms with Gasteiger partial charge in [-0.25, -0.2) is 9.37 Å². The molecule has 0 unspecified atom stereocenters. The van der Waals surface area contributed by atoms with E-state index in [2.05, 4.69) is 20.6 Å². The zero-order valence-electron chi connectivity index (χ0n) is 14.7. The molecule has 3 rings (SSSR count). The number of hydrogen-bond donors (Lipinski definition) is 3. The first-order valence-corrected chi connectivity index (χ1v) is 8.51. The molecule has 6 nitrogen and oxygen atoms in total. The highest BCUT2D eigenvalue weighted by Gasteiger charge is 2.19. The lowest BCUT2D eigenvalue weighted by molar-refractivity contribution is 0.375. The highest BCUT2D eigenvalue weighted by molar-refractivity contribution is 6.34. The molecule has 0 spiro atoms. The van der Waals surface area contributed by atoms with Crippen LogP contribution in [0.3, 0.4) is 0 Å². The van der Waals surface area contributed by atoms with Crippen molar-refractivity contribution in [2.45, 2.75) is 13.5 Å². The number of ether oxygens (including phenoxy) is 2. The van der Waals surface area contributed by atoms with E-state index in [1.807, 2.05) is 19.2 Å². The molecule has 8 heteroatoms. The fraction of sp³-hybridized carbons (Fsp3) is 0.278. The Balaban J connectivity index is 1.97. The molecule has 2 aromatic heterocycles. The third-order valence-electron chi connectivity index (χ3n) is 4.05. The lowest BCUT2D eigenvalue weighted by Crippen LogP contribution is -2.09. The number of aromatic amines is 1. The summed E-state index contributed by atoms with van der Waals surface area (Å²) in [5.41, 5.74) is 2.74. The first kappa shape index (κ1) is 18.1. The molecule has 0 aliphatic carbocycles. The van der Waals surface area contributed by atoms with Gasteiger partial charge in [-0.2, -0.15) is 0 Å². The number of methoxy groups -OCH3 is 2. The standard InChI is InChI=1S/C18H20ClFN4O2/c1-4-21-16-10(9-24-18-11(16)5-6-22-18)8-23-17-14(19)12(25-2)7-13(26-3)15(17)20/h5-7,9,23H,4,8H2,1-3H3,(H2,21,22,24). The molecule has 3 aromatic rings. The molecular formula is C18H20ClFN4O2. The summed E-state index contributed by atoms with van der Waals surface area (Å²) < 4.78 is 24.9. The fourth-order valence-corrected chi connectivity index (χ4v) is 3.07. The lowest BCUT2D eigenvalue weighted by Gasteiger charge is -2.17. The number of rotatable bonds is 7. The second kappa shape index (κ2) is 7.70. The van der Waals surface area contributed by atoms with Crippen molar-refractivity contribution >= 4 is 34.0 Å². The van der Waals surface area contributed by atoms with Crippen molar-refractivity contribution in [2.24, 2.45) is 0 Å². The third kappa shape index (κ3) is 3.22. The zero-order chi connectivity index (χ0) is 18.7. The average Bonchev–Trinajstić information content (AvgIpc) is 3.12. The average molecular weight is 379 g/mol. The molecule has 3 N–H and O–H groups in total. The Hall–Kier alpha value is -2.67.